The molecule has 1 aromatic carbocycles. The van der Waals surface area contributed by atoms with Crippen molar-refractivity contribution < 1.29 is 23.9 Å². The molecule has 0 unspecified atom stereocenters. The minimum Gasteiger partial charge on any atom is -0.465 e. The Labute approximate surface area is 152 Å². The molecule has 1 aliphatic heterocycles. The molecule has 0 radical (unpaired) electrons. The summed E-state index contributed by atoms with van der Waals surface area (Å²) < 4.78 is 10.1. The van der Waals surface area contributed by atoms with Crippen molar-refractivity contribution in [1.29, 1.82) is 0 Å². The van der Waals surface area contributed by atoms with Crippen LogP contribution in [-0.2, 0) is 23.9 Å². The summed E-state index contributed by atoms with van der Waals surface area (Å²) in [5.41, 5.74) is 1.81. The topological polar surface area (TPSA) is 97.0 Å². The number of hydrogen-bond donors (Lipinski definition) is 2. The molecule has 1 heterocycles. The maximum absolute atomic E-state index is 12.3. The van der Waals surface area contributed by atoms with Gasteiger partial charge in [0.05, 0.1) is 26.4 Å². The predicted octanol–water partition coefficient (Wildman–Crippen LogP) is 0.314. The van der Waals surface area contributed by atoms with Crippen molar-refractivity contribution in [2.45, 2.75) is 19.9 Å². The van der Waals surface area contributed by atoms with E-state index < -0.39 is 12.0 Å². The number of ether oxygens (including phenoxy) is 2. The summed E-state index contributed by atoms with van der Waals surface area (Å²) in [6, 6.07) is 6.86. The second-order valence-corrected chi connectivity index (χ2v) is 6.00. The van der Waals surface area contributed by atoms with Crippen LogP contribution < -0.4 is 10.6 Å². The van der Waals surface area contributed by atoms with Crippen LogP contribution in [0, 0.1) is 6.92 Å². The van der Waals surface area contributed by atoms with Crippen LogP contribution >= 0.6 is 0 Å². The molecule has 0 aliphatic carbocycles. The number of benzene rings is 1. The quantitative estimate of drug-likeness (QED) is 0.677. The molecule has 0 aromatic heterocycles. The third-order valence-electron chi connectivity index (χ3n) is 3.94. The van der Waals surface area contributed by atoms with Gasteiger partial charge in [0.25, 0.3) is 0 Å². The molecule has 1 saturated heterocycles. The van der Waals surface area contributed by atoms with Gasteiger partial charge in [0.15, 0.2) is 0 Å². The number of carbonyl (C=O) groups is 3. The van der Waals surface area contributed by atoms with E-state index in [2.05, 4.69) is 10.6 Å². The van der Waals surface area contributed by atoms with Gasteiger partial charge in [0.2, 0.25) is 11.8 Å². The Morgan fingerprint density at radius 3 is 2.69 bits per heavy atom. The first-order valence-corrected chi connectivity index (χ1v) is 8.61. The molecule has 1 fully saturated rings. The highest BCUT2D eigenvalue weighted by Crippen LogP contribution is 2.11. The van der Waals surface area contributed by atoms with Crippen molar-refractivity contribution >= 4 is 23.5 Å². The van der Waals surface area contributed by atoms with Crippen LogP contribution in [0.15, 0.2) is 24.3 Å². The number of nitrogens with zero attached hydrogens (tertiary/aromatic N) is 1. The Hall–Kier alpha value is -2.45. The molecule has 1 aliphatic rings. The van der Waals surface area contributed by atoms with Gasteiger partial charge in [-0.15, -0.1) is 0 Å². The highest BCUT2D eigenvalue weighted by molar-refractivity contribution is 5.93. The van der Waals surface area contributed by atoms with Crippen molar-refractivity contribution in [3.63, 3.8) is 0 Å². The summed E-state index contributed by atoms with van der Waals surface area (Å²) in [4.78, 5) is 37.7. The summed E-state index contributed by atoms with van der Waals surface area (Å²) in [6.45, 7) is 4.86. The summed E-state index contributed by atoms with van der Waals surface area (Å²) in [7, 11) is 0. The lowest BCUT2D eigenvalue weighted by Gasteiger charge is -2.33. The zero-order valence-corrected chi connectivity index (χ0v) is 15.1. The Balaban J connectivity index is 1.88. The molecule has 2 rings (SSSR count). The number of nitrogens with one attached hydrogen (secondary N) is 2. The maximum atomic E-state index is 12.3. The van der Waals surface area contributed by atoms with Crippen molar-refractivity contribution in [3.8, 4) is 0 Å². The molecule has 0 bridgehead atoms. The van der Waals surface area contributed by atoms with E-state index in [0.29, 0.717) is 18.8 Å². The molecular weight excluding hydrogens is 338 g/mol. The minimum atomic E-state index is -0.623. The van der Waals surface area contributed by atoms with Gasteiger partial charge in [-0.05, 0) is 26.0 Å². The molecule has 2 amide bonds. The molecule has 8 nitrogen and oxygen atoms in total. The van der Waals surface area contributed by atoms with Gasteiger partial charge in [-0.2, -0.15) is 0 Å². The number of rotatable bonds is 7. The second-order valence-electron chi connectivity index (χ2n) is 6.00. The molecule has 142 valence electrons. The number of amides is 2. The van der Waals surface area contributed by atoms with E-state index in [1.165, 1.54) is 0 Å². The lowest BCUT2D eigenvalue weighted by molar-refractivity contribution is -0.145. The zero-order chi connectivity index (χ0) is 18.9. The molecule has 1 atom stereocenters. The van der Waals surface area contributed by atoms with Gasteiger partial charge in [-0.25, -0.2) is 0 Å². The van der Waals surface area contributed by atoms with Crippen LogP contribution in [0.5, 0.6) is 0 Å². The lowest BCUT2D eigenvalue weighted by Crippen LogP contribution is -2.56. The van der Waals surface area contributed by atoms with Crippen LogP contribution in [0.3, 0.4) is 0 Å². The Morgan fingerprint density at radius 2 is 2.00 bits per heavy atom. The molecule has 8 heteroatoms. The predicted molar refractivity (Wildman–Crippen MR) is 95.6 cm³/mol. The Kier molecular flexibility index (Phi) is 7.55. The van der Waals surface area contributed by atoms with Crippen LogP contribution in [-0.4, -0.2) is 68.2 Å². The van der Waals surface area contributed by atoms with Gasteiger partial charge in [-0.1, -0.05) is 17.7 Å². The van der Waals surface area contributed by atoms with E-state index >= 15 is 0 Å². The fraction of sp³-hybridized carbons (Fsp3) is 0.500. The third kappa shape index (κ3) is 6.12. The average molecular weight is 363 g/mol. The van der Waals surface area contributed by atoms with E-state index in [-0.39, 0.29) is 38.1 Å². The Morgan fingerprint density at radius 1 is 1.27 bits per heavy atom. The molecular formula is C18H25N3O5. The molecule has 2 N–H and O–H groups in total. The zero-order valence-electron chi connectivity index (χ0n) is 15.1. The van der Waals surface area contributed by atoms with Crippen LogP contribution in [0.4, 0.5) is 5.69 Å². The van der Waals surface area contributed by atoms with Crippen LogP contribution in [0.1, 0.15) is 12.5 Å². The van der Waals surface area contributed by atoms with E-state index in [1.807, 2.05) is 31.2 Å². The van der Waals surface area contributed by atoms with Gasteiger partial charge in [0.1, 0.15) is 12.6 Å². The van der Waals surface area contributed by atoms with E-state index in [0.717, 1.165) is 5.56 Å². The average Bonchev–Trinajstić information content (AvgIpc) is 2.62. The second kappa shape index (κ2) is 9.88. The molecule has 1 aromatic rings. The SMILES string of the molecule is CCOC(=O)CNC(=O)[C@H]1COCCN1CC(=O)Nc1ccc(C)cc1. The molecule has 0 spiro atoms. The van der Waals surface area contributed by atoms with Crippen molar-refractivity contribution in [2.75, 3.05) is 44.8 Å². The Bertz CT molecular complexity index is 632. The summed E-state index contributed by atoms with van der Waals surface area (Å²) >= 11 is 0. The largest absolute Gasteiger partial charge is 0.465 e. The van der Waals surface area contributed by atoms with E-state index in [4.69, 9.17) is 9.47 Å². The van der Waals surface area contributed by atoms with E-state index in [9.17, 15) is 14.4 Å². The number of carbonyl (C=O) groups excluding carboxylic acids is 3. The number of aryl methyl sites for hydroxylation is 1. The summed E-state index contributed by atoms with van der Waals surface area (Å²) in [5.74, 6) is -1.07. The van der Waals surface area contributed by atoms with Crippen LogP contribution in [0.2, 0.25) is 0 Å². The van der Waals surface area contributed by atoms with Gasteiger partial charge in [0, 0.05) is 12.2 Å². The third-order valence-corrected chi connectivity index (χ3v) is 3.94. The lowest BCUT2D eigenvalue weighted by atomic mass is 10.2. The number of hydrogen-bond acceptors (Lipinski definition) is 6. The summed E-state index contributed by atoms with van der Waals surface area (Å²) in [6.07, 6.45) is 0. The fourth-order valence-corrected chi connectivity index (χ4v) is 2.58. The maximum Gasteiger partial charge on any atom is 0.325 e. The van der Waals surface area contributed by atoms with Gasteiger partial charge < -0.3 is 20.1 Å². The normalized spacial score (nSPS) is 17.4. The van der Waals surface area contributed by atoms with Crippen molar-refractivity contribution in [2.24, 2.45) is 0 Å². The monoisotopic (exact) mass is 363 g/mol. The van der Waals surface area contributed by atoms with Gasteiger partial charge in [-0.3, -0.25) is 19.3 Å². The number of anilines is 1. The fourth-order valence-electron chi connectivity index (χ4n) is 2.58. The van der Waals surface area contributed by atoms with Gasteiger partial charge >= 0.3 is 5.97 Å². The summed E-state index contributed by atoms with van der Waals surface area (Å²) in [5, 5.41) is 5.34. The van der Waals surface area contributed by atoms with Crippen molar-refractivity contribution in [3.05, 3.63) is 29.8 Å². The first kappa shape index (κ1) is 19.9. The first-order valence-electron chi connectivity index (χ1n) is 8.61. The minimum absolute atomic E-state index is 0.0642. The van der Waals surface area contributed by atoms with E-state index in [1.54, 1.807) is 11.8 Å². The smallest absolute Gasteiger partial charge is 0.325 e. The molecule has 26 heavy (non-hydrogen) atoms. The first-order chi connectivity index (χ1) is 12.5. The standard InChI is InChI=1S/C18H25N3O5/c1-3-26-17(23)10-19-18(24)15-12-25-9-8-21(15)11-16(22)20-14-6-4-13(2)5-7-14/h4-7,15H,3,8-12H2,1-2H3,(H,19,24)(H,20,22)/t15-/m1/s1. The highest BCUT2D eigenvalue weighted by Gasteiger charge is 2.31. The number of morpholine rings is 1. The molecule has 0 saturated carbocycles. The van der Waals surface area contributed by atoms with Crippen LogP contribution in [0.25, 0.3) is 0 Å². The highest BCUT2D eigenvalue weighted by atomic mass is 16.5. The van der Waals surface area contributed by atoms with Crippen molar-refractivity contribution in [1.82, 2.24) is 10.2 Å². The number of esters is 1.